The van der Waals surface area contributed by atoms with E-state index in [-0.39, 0.29) is 5.82 Å². The summed E-state index contributed by atoms with van der Waals surface area (Å²) in [6, 6.07) is 17.3. The van der Waals surface area contributed by atoms with Gasteiger partial charge in [0.15, 0.2) is 0 Å². The lowest BCUT2D eigenvalue weighted by molar-refractivity contribution is -0.895. The molecule has 2 aromatic carbocycles. The second-order valence-corrected chi connectivity index (χ2v) is 6.29. The van der Waals surface area contributed by atoms with Crippen molar-refractivity contribution in [3.05, 3.63) is 71.6 Å². The third-order valence-electron chi connectivity index (χ3n) is 4.40. The fraction of sp³-hybridized carbons (Fsp3) is 0.300. The minimum absolute atomic E-state index is 0.167. The van der Waals surface area contributed by atoms with E-state index in [1.54, 1.807) is 17.0 Å². The predicted molar refractivity (Wildman–Crippen MR) is 94.3 cm³/mol. The van der Waals surface area contributed by atoms with Crippen LogP contribution in [0, 0.1) is 5.82 Å². The number of anilines is 1. The molecule has 1 saturated heterocycles. The maximum Gasteiger partial charge on any atom is 0.123 e. The van der Waals surface area contributed by atoms with Crippen molar-refractivity contribution >= 4 is 11.8 Å². The summed E-state index contributed by atoms with van der Waals surface area (Å²) in [6.45, 7) is 7.60. The number of nitrogens with one attached hydrogen (secondary N) is 1. The van der Waals surface area contributed by atoms with Crippen molar-refractivity contribution in [3.63, 3.8) is 0 Å². The summed E-state index contributed by atoms with van der Waals surface area (Å²) in [5, 5.41) is 0. The smallest absolute Gasteiger partial charge is 0.123 e. The maximum absolute atomic E-state index is 13.0. The van der Waals surface area contributed by atoms with Gasteiger partial charge in [0.1, 0.15) is 5.82 Å². The molecule has 0 amide bonds. The summed E-state index contributed by atoms with van der Waals surface area (Å²) in [7, 11) is 0. The average Bonchev–Trinajstić information content (AvgIpc) is 2.57. The summed E-state index contributed by atoms with van der Waals surface area (Å²) >= 11 is 0. The lowest BCUT2D eigenvalue weighted by Crippen LogP contribution is -3.15. The number of hydrogen-bond acceptors (Lipinski definition) is 1. The van der Waals surface area contributed by atoms with Crippen molar-refractivity contribution in [2.24, 2.45) is 0 Å². The van der Waals surface area contributed by atoms with Crippen LogP contribution in [0.15, 0.2) is 60.2 Å². The minimum Gasteiger partial charge on any atom is -0.360 e. The van der Waals surface area contributed by atoms with Gasteiger partial charge >= 0.3 is 0 Å². The molecule has 0 aromatic heterocycles. The molecule has 120 valence electrons. The number of halogens is 1. The minimum atomic E-state index is -0.167. The van der Waals surface area contributed by atoms with E-state index in [9.17, 15) is 4.39 Å². The predicted octanol–water partition coefficient (Wildman–Crippen LogP) is 2.63. The van der Waals surface area contributed by atoms with Crippen LogP contribution in [-0.2, 0) is 0 Å². The Kier molecular flexibility index (Phi) is 5.09. The number of rotatable bonds is 4. The number of nitrogens with zero attached hydrogens (tertiary/aromatic N) is 1. The van der Waals surface area contributed by atoms with Gasteiger partial charge < -0.3 is 9.80 Å². The molecule has 2 nitrogen and oxygen atoms in total. The molecule has 0 atom stereocenters. The van der Waals surface area contributed by atoms with Gasteiger partial charge in [-0.1, -0.05) is 36.4 Å². The molecule has 3 heteroatoms. The van der Waals surface area contributed by atoms with Crippen LogP contribution >= 0.6 is 0 Å². The Bertz CT molecular complexity index is 641. The molecule has 1 N–H and O–H groups in total. The van der Waals surface area contributed by atoms with Crippen LogP contribution in [0.1, 0.15) is 12.5 Å². The highest BCUT2D eigenvalue weighted by Crippen LogP contribution is 2.14. The molecule has 23 heavy (non-hydrogen) atoms. The van der Waals surface area contributed by atoms with Gasteiger partial charge in [-0.05, 0) is 42.3 Å². The maximum atomic E-state index is 13.0. The summed E-state index contributed by atoms with van der Waals surface area (Å²) in [5.74, 6) is -0.167. The van der Waals surface area contributed by atoms with Crippen LogP contribution in [0.25, 0.3) is 6.08 Å². The molecule has 0 saturated carbocycles. The van der Waals surface area contributed by atoms with Crippen LogP contribution in [0.5, 0.6) is 0 Å². The molecular formula is C20H24FN2+. The molecular weight excluding hydrogens is 287 g/mol. The van der Waals surface area contributed by atoms with Gasteiger partial charge in [-0.25, -0.2) is 4.39 Å². The molecule has 0 radical (unpaired) electrons. The standard InChI is InChI=1S/C20H23FN2/c1-17(15-18-5-3-2-4-6-18)16-22-11-13-23(14-12-22)20-9-7-19(21)8-10-20/h2-10,15H,11-14,16H2,1H3/p+1/b17-15+. The first-order valence-corrected chi connectivity index (χ1v) is 8.27. The first kappa shape index (κ1) is 15.8. The monoisotopic (exact) mass is 311 g/mol. The third kappa shape index (κ3) is 4.42. The zero-order valence-corrected chi connectivity index (χ0v) is 13.6. The summed E-state index contributed by atoms with van der Waals surface area (Å²) in [6.07, 6.45) is 2.28. The van der Waals surface area contributed by atoms with E-state index in [4.69, 9.17) is 0 Å². The fourth-order valence-corrected chi connectivity index (χ4v) is 3.19. The Balaban J connectivity index is 1.53. The highest BCUT2D eigenvalue weighted by atomic mass is 19.1. The molecule has 2 aromatic rings. The first-order chi connectivity index (χ1) is 11.2. The van der Waals surface area contributed by atoms with E-state index < -0.39 is 0 Å². The highest BCUT2D eigenvalue weighted by molar-refractivity contribution is 5.52. The molecule has 1 fully saturated rings. The van der Waals surface area contributed by atoms with Gasteiger partial charge in [-0.15, -0.1) is 0 Å². The first-order valence-electron chi connectivity index (χ1n) is 8.27. The van der Waals surface area contributed by atoms with Crippen LogP contribution < -0.4 is 9.80 Å². The van der Waals surface area contributed by atoms with Gasteiger partial charge in [0.25, 0.3) is 0 Å². The Hall–Kier alpha value is -2.13. The van der Waals surface area contributed by atoms with Gasteiger partial charge in [0, 0.05) is 5.69 Å². The topological polar surface area (TPSA) is 7.68 Å². The zero-order chi connectivity index (χ0) is 16.1. The van der Waals surface area contributed by atoms with Crippen LogP contribution in [0.4, 0.5) is 10.1 Å². The van der Waals surface area contributed by atoms with Crippen molar-refractivity contribution in [2.75, 3.05) is 37.6 Å². The van der Waals surface area contributed by atoms with Crippen molar-refractivity contribution in [3.8, 4) is 0 Å². The van der Waals surface area contributed by atoms with Crippen LogP contribution in [-0.4, -0.2) is 32.7 Å². The van der Waals surface area contributed by atoms with Crippen LogP contribution in [0.3, 0.4) is 0 Å². The lowest BCUT2D eigenvalue weighted by Gasteiger charge is -2.33. The van der Waals surface area contributed by atoms with Crippen molar-refractivity contribution < 1.29 is 9.29 Å². The molecule has 1 aliphatic heterocycles. The lowest BCUT2D eigenvalue weighted by atomic mass is 10.1. The Morgan fingerprint density at radius 3 is 2.35 bits per heavy atom. The van der Waals surface area contributed by atoms with E-state index in [1.807, 2.05) is 18.2 Å². The second kappa shape index (κ2) is 7.42. The normalized spacial score (nSPS) is 16.6. The van der Waals surface area contributed by atoms with Gasteiger partial charge in [0.2, 0.25) is 0 Å². The molecule has 1 heterocycles. The van der Waals surface area contributed by atoms with Crippen molar-refractivity contribution in [2.45, 2.75) is 6.92 Å². The van der Waals surface area contributed by atoms with Gasteiger partial charge in [0.05, 0.1) is 32.7 Å². The third-order valence-corrected chi connectivity index (χ3v) is 4.40. The Labute approximate surface area is 137 Å². The Morgan fingerprint density at radius 2 is 1.70 bits per heavy atom. The van der Waals surface area contributed by atoms with E-state index in [2.05, 4.69) is 42.2 Å². The van der Waals surface area contributed by atoms with Gasteiger partial charge in [-0.3, -0.25) is 0 Å². The molecule has 0 bridgehead atoms. The quantitative estimate of drug-likeness (QED) is 0.912. The largest absolute Gasteiger partial charge is 0.360 e. The number of piperazine rings is 1. The molecule has 0 unspecified atom stereocenters. The van der Waals surface area contributed by atoms with Crippen molar-refractivity contribution in [1.82, 2.24) is 0 Å². The molecule has 1 aliphatic rings. The number of benzene rings is 2. The number of quaternary nitrogens is 1. The number of hydrogen-bond donors (Lipinski definition) is 1. The molecule has 0 spiro atoms. The van der Waals surface area contributed by atoms with E-state index in [0.717, 1.165) is 38.4 Å². The molecule has 0 aliphatic carbocycles. The van der Waals surface area contributed by atoms with E-state index >= 15 is 0 Å². The van der Waals surface area contributed by atoms with E-state index in [1.165, 1.54) is 11.1 Å². The van der Waals surface area contributed by atoms with Crippen molar-refractivity contribution in [1.29, 1.82) is 0 Å². The zero-order valence-electron chi connectivity index (χ0n) is 13.6. The summed E-state index contributed by atoms with van der Waals surface area (Å²) < 4.78 is 13.0. The second-order valence-electron chi connectivity index (χ2n) is 6.29. The highest BCUT2D eigenvalue weighted by Gasteiger charge is 2.20. The average molecular weight is 311 g/mol. The molecule has 3 rings (SSSR count). The fourth-order valence-electron chi connectivity index (χ4n) is 3.19. The summed E-state index contributed by atoms with van der Waals surface area (Å²) in [4.78, 5) is 3.96. The van der Waals surface area contributed by atoms with E-state index in [0.29, 0.717) is 0 Å². The van der Waals surface area contributed by atoms with Crippen LogP contribution in [0.2, 0.25) is 0 Å². The van der Waals surface area contributed by atoms with Gasteiger partial charge in [-0.2, -0.15) is 0 Å². The SMILES string of the molecule is C/C(=C\c1ccccc1)C[NH+]1CCN(c2ccc(F)cc2)CC1. The summed E-state index contributed by atoms with van der Waals surface area (Å²) in [5.41, 5.74) is 3.82. The Morgan fingerprint density at radius 1 is 1.04 bits per heavy atom.